The summed E-state index contributed by atoms with van der Waals surface area (Å²) in [6, 6.07) is 2.38. The highest BCUT2D eigenvalue weighted by Gasteiger charge is 2.34. The van der Waals surface area contributed by atoms with Crippen LogP contribution in [0.4, 0.5) is 5.13 Å². The third kappa shape index (κ3) is 2.56. The van der Waals surface area contributed by atoms with Gasteiger partial charge in [-0.1, -0.05) is 11.3 Å². The zero-order valence-corrected chi connectivity index (χ0v) is 10.5. The highest BCUT2D eigenvalue weighted by molar-refractivity contribution is 7.17. The van der Waals surface area contributed by atoms with Crippen LogP contribution in [0, 0.1) is 18.3 Å². The summed E-state index contributed by atoms with van der Waals surface area (Å²) >= 11 is 1.22. The van der Waals surface area contributed by atoms with E-state index in [1.165, 1.54) is 11.3 Å². The summed E-state index contributed by atoms with van der Waals surface area (Å²) in [5.41, 5.74) is 6.27. The molecule has 5 nitrogen and oxygen atoms in total. The second kappa shape index (κ2) is 4.72. The average Bonchev–Trinajstić information content (AvgIpc) is 3.05. The number of nitrogens with two attached hydrogens (primary N) is 1. The van der Waals surface area contributed by atoms with E-state index in [4.69, 9.17) is 11.0 Å². The average molecular weight is 250 g/mol. The molecule has 0 aliphatic heterocycles. The molecule has 0 radical (unpaired) electrons. The Kier molecular flexibility index (Phi) is 3.29. The minimum atomic E-state index is -0.0329. The van der Waals surface area contributed by atoms with Gasteiger partial charge in [-0.3, -0.25) is 4.79 Å². The monoisotopic (exact) mass is 250 g/mol. The largest absolute Gasteiger partial charge is 0.375 e. The van der Waals surface area contributed by atoms with Gasteiger partial charge in [0, 0.05) is 12.6 Å². The smallest absolute Gasteiger partial charge is 0.266 e. The topological polar surface area (TPSA) is 83.0 Å². The summed E-state index contributed by atoms with van der Waals surface area (Å²) in [5.74, 6) is -0.0329. The van der Waals surface area contributed by atoms with Gasteiger partial charge in [0.15, 0.2) is 5.13 Å². The van der Waals surface area contributed by atoms with E-state index in [0.717, 1.165) is 12.8 Å². The fraction of sp³-hybridized carbons (Fsp3) is 0.545. The van der Waals surface area contributed by atoms with E-state index in [9.17, 15) is 4.79 Å². The minimum absolute atomic E-state index is 0.0329. The van der Waals surface area contributed by atoms with Crippen molar-refractivity contribution in [2.75, 3.05) is 12.3 Å². The first-order valence-electron chi connectivity index (χ1n) is 5.54. The molecular weight excluding hydrogens is 236 g/mol. The molecule has 90 valence electrons. The lowest BCUT2D eigenvalue weighted by molar-refractivity contribution is 0.0751. The first kappa shape index (κ1) is 11.9. The minimum Gasteiger partial charge on any atom is -0.375 e. The normalized spacial score (nSPS) is 14.4. The fourth-order valence-electron chi connectivity index (χ4n) is 1.75. The molecule has 0 spiro atoms. The Morgan fingerprint density at radius 2 is 2.41 bits per heavy atom. The molecule has 0 atom stereocenters. The van der Waals surface area contributed by atoms with Gasteiger partial charge < -0.3 is 10.6 Å². The second-order valence-corrected chi connectivity index (χ2v) is 5.14. The molecule has 1 aromatic heterocycles. The van der Waals surface area contributed by atoms with Gasteiger partial charge >= 0.3 is 0 Å². The SMILES string of the molecule is Cc1nc(N)sc1C(=O)N(CCC#N)C1CC1. The number of rotatable bonds is 4. The van der Waals surface area contributed by atoms with Crippen LogP contribution in [0.1, 0.15) is 34.6 Å². The lowest BCUT2D eigenvalue weighted by Gasteiger charge is -2.20. The van der Waals surface area contributed by atoms with Crippen molar-refractivity contribution in [3.8, 4) is 6.07 Å². The first-order chi connectivity index (χ1) is 8.13. The molecule has 17 heavy (non-hydrogen) atoms. The van der Waals surface area contributed by atoms with Gasteiger partial charge in [0.1, 0.15) is 4.88 Å². The van der Waals surface area contributed by atoms with E-state index in [0.29, 0.717) is 34.7 Å². The van der Waals surface area contributed by atoms with Crippen LogP contribution < -0.4 is 5.73 Å². The van der Waals surface area contributed by atoms with Crippen LogP contribution in [0.25, 0.3) is 0 Å². The first-order valence-corrected chi connectivity index (χ1v) is 6.36. The van der Waals surface area contributed by atoms with Crippen molar-refractivity contribution in [1.29, 1.82) is 5.26 Å². The number of nitriles is 1. The number of hydrogen-bond acceptors (Lipinski definition) is 5. The van der Waals surface area contributed by atoms with E-state index in [1.54, 1.807) is 11.8 Å². The van der Waals surface area contributed by atoms with E-state index in [2.05, 4.69) is 11.1 Å². The molecule has 1 saturated carbocycles. The van der Waals surface area contributed by atoms with Crippen molar-refractivity contribution >= 4 is 22.4 Å². The Bertz CT molecular complexity index is 472. The molecule has 1 aromatic rings. The van der Waals surface area contributed by atoms with Gasteiger partial charge in [-0.2, -0.15) is 5.26 Å². The third-order valence-corrected chi connectivity index (χ3v) is 3.69. The van der Waals surface area contributed by atoms with Gasteiger partial charge in [0.05, 0.1) is 18.2 Å². The third-order valence-electron chi connectivity index (χ3n) is 2.72. The number of hydrogen-bond donors (Lipinski definition) is 1. The summed E-state index contributed by atoms with van der Waals surface area (Å²) in [5, 5.41) is 9.03. The maximum absolute atomic E-state index is 12.3. The van der Waals surface area contributed by atoms with Gasteiger partial charge in [0.2, 0.25) is 0 Å². The van der Waals surface area contributed by atoms with E-state index in [1.807, 2.05) is 0 Å². The van der Waals surface area contributed by atoms with Gasteiger partial charge in [-0.25, -0.2) is 4.98 Å². The Balaban J connectivity index is 2.16. The molecule has 1 amide bonds. The molecule has 1 aliphatic rings. The number of anilines is 1. The quantitative estimate of drug-likeness (QED) is 0.878. The standard InChI is InChI=1S/C11H14N4OS/c1-7-9(17-11(13)14-7)10(16)15(6-2-5-12)8-3-4-8/h8H,2-4,6H2,1H3,(H2,13,14). The number of carbonyl (C=O) groups excluding carboxylic acids is 1. The second-order valence-electron chi connectivity index (χ2n) is 4.10. The molecule has 1 aliphatic carbocycles. The van der Waals surface area contributed by atoms with Gasteiger partial charge in [-0.15, -0.1) is 0 Å². The lowest BCUT2D eigenvalue weighted by atomic mass is 10.3. The molecule has 0 aromatic carbocycles. The van der Waals surface area contributed by atoms with Gasteiger partial charge in [-0.05, 0) is 19.8 Å². The molecule has 0 unspecified atom stereocenters. The van der Waals surface area contributed by atoms with Crippen molar-refractivity contribution < 1.29 is 4.79 Å². The molecule has 0 saturated heterocycles. The van der Waals surface area contributed by atoms with Crippen molar-refractivity contribution in [3.63, 3.8) is 0 Å². The predicted molar refractivity (Wildman–Crippen MR) is 65.6 cm³/mol. The molecule has 2 N–H and O–H groups in total. The van der Waals surface area contributed by atoms with Crippen LogP contribution in [-0.4, -0.2) is 28.4 Å². The molecule has 6 heteroatoms. The van der Waals surface area contributed by atoms with Crippen LogP contribution in [0.15, 0.2) is 0 Å². The van der Waals surface area contributed by atoms with Crippen LogP contribution in [0.5, 0.6) is 0 Å². The highest BCUT2D eigenvalue weighted by atomic mass is 32.1. The molecule has 0 bridgehead atoms. The highest BCUT2D eigenvalue weighted by Crippen LogP contribution is 2.30. The summed E-state index contributed by atoms with van der Waals surface area (Å²) in [6.45, 7) is 2.28. The van der Waals surface area contributed by atoms with E-state index >= 15 is 0 Å². The van der Waals surface area contributed by atoms with Crippen molar-refractivity contribution in [1.82, 2.24) is 9.88 Å². The number of nitrogen functional groups attached to an aromatic ring is 1. The molecule has 1 fully saturated rings. The van der Waals surface area contributed by atoms with E-state index < -0.39 is 0 Å². The Labute approximate surface area is 104 Å². The number of carbonyl (C=O) groups is 1. The number of amides is 1. The van der Waals surface area contributed by atoms with Crippen LogP contribution >= 0.6 is 11.3 Å². The van der Waals surface area contributed by atoms with Crippen LogP contribution in [0.2, 0.25) is 0 Å². The van der Waals surface area contributed by atoms with Crippen molar-refractivity contribution in [3.05, 3.63) is 10.6 Å². The zero-order chi connectivity index (χ0) is 12.4. The Morgan fingerprint density at radius 1 is 1.71 bits per heavy atom. The molecule has 2 rings (SSSR count). The van der Waals surface area contributed by atoms with Crippen molar-refractivity contribution in [2.45, 2.75) is 32.2 Å². The van der Waals surface area contributed by atoms with Crippen molar-refractivity contribution in [2.24, 2.45) is 0 Å². The summed E-state index contributed by atoms with van der Waals surface area (Å²) in [7, 11) is 0. The number of aryl methyl sites for hydroxylation is 1. The number of thiazole rings is 1. The maximum atomic E-state index is 12.3. The lowest BCUT2D eigenvalue weighted by Crippen LogP contribution is -2.33. The van der Waals surface area contributed by atoms with Gasteiger partial charge in [0.25, 0.3) is 5.91 Å². The molecular formula is C11H14N4OS. The zero-order valence-electron chi connectivity index (χ0n) is 9.64. The Morgan fingerprint density at radius 3 is 2.88 bits per heavy atom. The van der Waals surface area contributed by atoms with E-state index in [-0.39, 0.29) is 5.91 Å². The summed E-state index contributed by atoms with van der Waals surface area (Å²) < 4.78 is 0. The Hall–Kier alpha value is -1.61. The van der Waals surface area contributed by atoms with Crippen LogP contribution in [-0.2, 0) is 0 Å². The summed E-state index contributed by atoms with van der Waals surface area (Å²) in [6.07, 6.45) is 2.44. The molecule has 1 heterocycles. The maximum Gasteiger partial charge on any atom is 0.266 e. The number of nitrogens with zero attached hydrogens (tertiary/aromatic N) is 3. The number of aromatic nitrogens is 1. The summed E-state index contributed by atoms with van der Waals surface area (Å²) in [4.78, 5) is 18.7. The fourth-order valence-corrected chi connectivity index (χ4v) is 2.54. The van der Waals surface area contributed by atoms with Crippen LogP contribution in [0.3, 0.4) is 0 Å². The predicted octanol–water partition coefficient (Wildman–Crippen LogP) is 1.55.